The lowest BCUT2D eigenvalue weighted by Gasteiger charge is -2.40. The molecule has 26 heavy (non-hydrogen) atoms. The van der Waals surface area contributed by atoms with Crippen molar-refractivity contribution < 1.29 is 9.53 Å². The molecule has 142 valence electrons. The van der Waals surface area contributed by atoms with Gasteiger partial charge in [-0.15, -0.1) is 23.7 Å². The van der Waals surface area contributed by atoms with Gasteiger partial charge in [-0.2, -0.15) is 5.10 Å². The second-order valence-electron chi connectivity index (χ2n) is 6.80. The molecule has 1 fully saturated rings. The van der Waals surface area contributed by atoms with E-state index in [0.717, 1.165) is 43.8 Å². The molecule has 1 amide bonds. The Bertz CT molecular complexity index is 742. The maximum Gasteiger partial charge on any atom is 0.261 e. The van der Waals surface area contributed by atoms with E-state index >= 15 is 0 Å². The van der Waals surface area contributed by atoms with Crippen LogP contribution in [0.5, 0.6) is 0 Å². The number of hydrogen-bond donors (Lipinski definition) is 2. The van der Waals surface area contributed by atoms with E-state index in [1.54, 1.807) is 22.3 Å². The smallest absolute Gasteiger partial charge is 0.261 e. The van der Waals surface area contributed by atoms with Gasteiger partial charge in [-0.3, -0.25) is 9.48 Å². The molecule has 7 nitrogen and oxygen atoms in total. The zero-order valence-corrected chi connectivity index (χ0v) is 16.4. The standard InChI is InChI=1S/C17H23N5O2S.ClH/c1-12(9-22-11-19-10-20-22)21-16(23)14-8-13-2-7-24-17(15(13)25-14)3-5-18-6-4-17;/h8,10-12,18H,2-7,9H2,1H3,(H,21,23);1H. The van der Waals surface area contributed by atoms with E-state index in [4.69, 9.17) is 4.74 Å². The van der Waals surface area contributed by atoms with Crippen molar-refractivity contribution in [1.82, 2.24) is 25.4 Å². The normalized spacial score (nSPS) is 19.4. The van der Waals surface area contributed by atoms with Gasteiger partial charge in [0.1, 0.15) is 18.3 Å². The number of ether oxygens (including phenoxy) is 1. The van der Waals surface area contributed by atoms with Crippen LogP contribution in [0.2, 0.25) is 0 Å². The molecule has 2 N–H and O–H groups in total. The number of fused-ring (bicyclic) bond motifs is 2. The first kappa shape index (κ1) is 19.3. The summed E-state index contributed by atoms with van der Waals surface area (Å²) in [4.78, 5) is 18.6. The van der Waals surface area contributed by atoms with Crippen LogP contribution >= 0.6 is 23.7 Å². The number of carbonyl (C=O) groups is 1. The summed E-state index contributed by atoms with van der Waals surface area (Å²) in [6.07, 6.45) is 6.00. The van der Waals surface area contributed by atoms with Crippen molar-refractivity contribution in [3.63, 3.8) is 0 Å². The first-order chi connectivity index (χ1) is 12.2. The Hall–Kier alpha value is -1.48. The lowest BCUT2D eigenvalue weighted by atomic mass is 9.86. The Morgan fingerprint density at radius 3 is 3.04 bits per heavy atom. The molecule has 9 heteroatoms. The fraction of sp³-hybridized carbons (Fsp3) is 0.588. The largest absolute Gasteiger partial charge is 0.369 e. The van der Waals surface area contributed by atoms with Crippen LogP contribution in [0.15, 0.2) is 18.7 Å². The summed E-state index contributed by atoms with van der Waals surface area (Å²) < 4.78 is 7.92. The van der Waals surface area contributed by atoms with Gasteiger partial charge >= 0.3 is 0 Å². The van der Waals surface area contributed by atoms with Crippen molar-refractivity contribution in [1.29, 1.82) is 0 Å². The van der Waals surface area contributed by atoms with Crippen molar-refractivity contribution in [3.8, 4) is 0 Å². The summed E-state index contributed by atoms with van der Waals surface area (Å²) in [5.74, 6) is -0.0175. The minimum absolute atomic E-state index is 0. The molecule has 1 unspecified atom stereocenters. The second kappa shape index (κ2) is 8.04. The van der Waals surface area contributed by atoms with E-state index in [1.807, 2.05) is 6.92 Å². The van der Waals surface area contributed by atoms with Crippen LogP contribution in [0.1, 0.15) is 39.9 Å². The summed E-state index contributed by atoms with van der Waals surface area (Å²) in [6, 6.07) is 2.04. The number of amides is 1. The molecule has 1 saturated heterocycles. The summed E-state index contributed by atoms with van der Waals surface area (Å²) >= 11 is 1.60. The summed E-state index contributed by atoms with van der Waals surface area (Å²) in [5, 5.41) is 10.5. The van der Waals surface area contributed by atoms with Crippen LogP contribution < -0.4 is 10.6 Å². The first-order valence-corrected chi connectivity index (χ1v) is 9.59. The van der Waals surface area contributed by atoms with Crippen LogP contribution in [0.25, 0.3) is 0 Å². The highest BCUT2D eigenvalue weighted by atomic mass is 35.5. The van der Waals surface area contributed by atoms with Crippen molar-refractivity contribution >= 4 is 29.7 Å². The molecule has 2 aromatic heterocycles. The van der Waals surface area contributed by atoms with E-state index in [-0.39, 0.29) is 30.0 Å². The highest BCUT2D eigenvalue weighted by Crippen LogP contribution is 2.44. The minimum atomic E-state index is -0.186. The number of thiophene rings is 1. The number of aromatic nitrogens is 3. The number of rotatable bonds is 4. The number of nitrogens with one attached hydrogen (secondary N) is 2. The average molecular weight is 398 g/mol. The van der Waals surface area contributed by atoms with Crippen molar-refractivity contribution in [3.05, 3.63) is 34.0 Å². The van der Waals surface area contributed by atoms with E-state index in [1.165, 1.54) is 16.8 Å². The lowest BCUT2D eigenvalue weighted by Crippen LogP contribution is -2.44. The van der Waals surface area contributed by atoms with Crippen LogP contribution in [-0.4, -0.2) is 46.4 Å². The number of carbonyl (C=O) groups excluding carboxylic acids is 1. The third-order valence-electron chi connectivity index (χ3n) is 4.91. The Morgan fingerprint density at radius 2 is 2.31 bits per heavy atom. The SMILES string of the molecule is CC(Cn1cncn1)NC(=O)c1cc2c(s1)C1(CCNCC1)OCC2.Cl. The second-order valence-corrected chi connectivity index (χ2v) is 7.85. The van der Waals surface area contributed by atoms with Crippen LogP contribution in [-0.2, 0) is 23.3 Å². The Morgan fingerprint density at radius 1 is 1.50 bits per heavy atom. The van der Waals surface area contributed by atoms with E-state index in [9.17, 15) is 4.79 Å². The van der Waals surface area contributed by atoms with Gasteiger partial charge in [0.15, 0.2) is 0 Å². The van der Waals surface area contributed by atoms with Gasteiger partial charge in [0.2, 0.25) is 0 Å². The number of halogens is 1. The molecule has 0 bridgehead atoms. The van der Waals surface area contributed by atoms with Gasteiger partial charge in [-0.25, -0.2) is 4.98 Å². The highest BCUT2D eigenvalue weighted by molar-refractivity contribution is 7.14. The molecule has 0 aliphatic carbocycles. The maximum atomic E-state index is 12.7. The van der Waals surface area contributed by atoms with Gasteiger partial charge in [-0.05, 0) is 50.9 Å². The van der Waals surface area contributed by atoms with Crippen LogP contribution in [0.4, 0.5) is 0 Å². The number of hydrogen-bond acceptors (Lipinski definition) is 6. The van der Waals surface area contributed by atoms with Gasteiger partial charge in [-0.1, -0.05) is 0 Å². The van der Waals surface area contributed by atoms with E-state index in [0.29, 0.717) is 6.54 Å². The van der Waals surface area contributed by atoms with Crippen molar-refractivity contribution in [2.24, 2.45) is 0 Å². The Balaban J connectivity index is 0.00000196. The molecule has 4 rings (SSSR count). The van der Waals surface area contributed by atoms with Gasteiger partial charge < -0.3 is 15.4 Å². The number of nitrogens with zero attached hydrogens (tertiary/aromatic N) is 3. The van der Waals surface area contributed by atoms with Gasteiger partial charge in [0.25, 0.3) is 5.91 Å². The van der Waals surface area contributed by atoms with Crippen LogP contribution in [0.3, 0.4) is 0 Å². The Labute approximate surface area is 162 Å². The molecule has 0 saturated carbocycles. The predicted molar refractivity (Wildman–Crippen MR) is 102 cm³/mol. The topological polar surface area (TPSA) is 81.1 Å². The number of piperidine rings is 1. The highest BCUT2D eigenvalue weighted by Gasteiger charge is 2.41. The molecule has 4 heterocycles. The summed E-state index contributed by atoms with van der Waals surface area (Å²) in [6.45, 7) is 5.26. The molecule has 2 aromatic rings. The molecule has 2 aliphatic rings. The van der Waals surface area contributed by atoms with Gasteiger partial charge in [0.05, 0.1) is 18.0 Å². The molecule has 2 aliphatic heterocycles. The zero-order valence-electron chi connectivity index (χ0n) is 14.7. The quantitative estimate of drug-likeness (QED) is 0.821. The maximum absolute atomic E-state index is 12.7. The van der Waals surface area contributed by atoms with Gasteiger partial charge in [0, 0.05) is 10.9 Å². The molecular formula is C17H24ClN5O2S. The van der Waals surface area contributed by atoms with Crippen LogP contribution in [0, 0.1) is 0 Å². The molecule has 1 atom stereocenters. The fourth-order valence-corrected chi connectivity index (χ4v) is 5.00. The molecule has 0 aromatic carbocycles. The fourth-order valence-electron chi connectivity index (χ4n) is 3.68. The zero-order chi connectivity index (χ0) is 17.3. The summed E-state index contributed by atoms with van der Waals surface area (Å²) in [5.41, 5.74) is 1.10. The third-order valence-corrected chi connectivity index (χ3v) is 6.27. The molecule has 1 spiro atoms. The Kier molecular flexibility index (Phi) is 5.96. The van der Waals surface area contributed by atoms with E-state index in [2.05, 4.69) is 26.8 Å². The lowest BCUT2D eigenvalue weighted by molar-refractivity contribution is -0.0771. The molecular weight excluding hydrogens is 374 g/mol. The first-order valence-electron chi connectivity index (χ1n) is 8.77. The third kappa shape index (κ3) is 3.78. The van der Waals surface area contributed by atoms with Crippen molar-refractivity contribution in [2.75, 3.05) is 19.7 Å². The summed E-state index contributed by atoms with van der Waals surface area (Å²) in [7, 11) is 0. The molecule has 0 radical (unpaired) electrons. The predicted octanol–water partition coefficient (Wildman–Crippen LogP) is 1.73. The minimum Gasteiger partial charge on any atom is -0.369 e. The average Bonchev–Trinajstić information content (AvgIpc) is 3.26. The monoisotopic (exact) mass is 397 g/mol. The van der Waals surface area contributed by atoms with Crippen molar-refractivity contribution in [2.45, 2.75) is 44.4 Å². The van der Waals surface area contributed by atoms with E-state index < -0.39 is 0 Å².